The van der Waals surface area contributed by atoms with Crippen molar-refractivity contribution >= 4 is 10.1 Å². The zero-order valence-electron chi connectivity index (χ0n) is 13.5. The van der Waals surface area contributed by atoms with E-state index in [-0.39, 0.29) is 20.0 Å². The Morgan fingerprint density at radius 1 is 1.29 bits per heavy atom. The van der Waals surface area contributed by atoms with Gasteiger partial charge >= 0.3 is 15.6 Å². The Bertz CT molecular complexity index is 479. The van der Waals surface area contributed by atoms with Gasteiger partial charge in [0.15, 0.2) is 5.79 Å². The van der Waals surface area contributed by atoms with Crippen molar-refractivity contribution in [2.75, 3.05) is 40.3 Å². The predicted molar refractivity (Wildman–Crippen MR) is 73.4 cm³/mol. The second-order valence-electron chi connectivity index (χ2n) is 5.28. The first-order chi connectivity index (χ1) is 11.0. The molecular weight excluding hydrogens is 361 g/mol. The van der Waals surface area contributed by atoms with Crippen LogP contribution in [0.2, 0.25) is 0 Å². The standard InChI is InChI=1S/C12H21F3O8S/c1-11(2)21-6-10(23-11)9(20-8-19-5-4-18-3)7-22-24(16,17)12(13,14)15/h9-10H,4-8H2,1-3H3. The zero-order chi connectivity index (χ0) is 18.4. The third-order valence-corrected chi connectivity index (χ3v) is 3.93. The predicted octanol–water partition coefficient (Wildman–Crippen LogP) is 1.01. The quantitative estimate of drug-likeness (QED) is 0.239. The summed E-state index contributed by atoms with van der Waals surface area (Å²) >= 11 is 0. The average Bonchev–Trinajstić information content (AvgIpc) is 2.80. The smallest absolute Gasteiger partial charge is 0.382 e. The van der Waals surface area contributed by atoms with Crippen LogP contribution in [0.3, 0.4) is 0 Å². The third kappa shape index (κ3) is 6.78. The fraction of sp³-hybridized carbons (Fsp3) is 1.00. The van der Waals surface area contributed by atoms with Crippen LogP contribution in [0.1, 0.15) is 13.8 Å². The lowest BCUT2D eigenvalue weighted by molar-refractivity contribution is -0.178. The van der Waals surface area contributed by atoms with E-state index in [9.17, 15) is 21.6 Å². The van der Waals surface area contributed by atoms with Crippen LogP contribution < -0.4 is 0 Å². The van der Waals surface area contributed by atoms with Gasteiger partial charge in [-0.15, -0.1) is 0 Å². The molecule has 1 heterocycles. The summed E-state index contributed by atoms with van der Waals surface area (Å²) in [5, 5.41) is 0. The van der Waals surface area contributed by atoms with Crippen LogP contribution in [0.5, 0.6) is 0 Å². The van der Waals surface area contributed by atoms with Gasteiger partial charge < -0.3 is 23.7 Å². The first-order valence-electron chi connectivity index (χ1n) is 6.94. The minimum Gasteiger partial charge on any atom is -0.382 e. The molecule has 0 bridgehead atoms. The van der Waals surface area contributed by atoms with Crippen molar-refractivity contribution in [3.63, 3.8) is 0 Å². The van der Waals surface area contributed by atoms with Gasteiger partial charge in [-0.25, -0.2) is 0 Å². The van der Waals surface area contributed by atoms with Crippen LogP contribution >= 0.6 is 0 Å². The Balaban J connectivity index is 2.61. The highest BCUT2D eigenvalue weighted by molar-refractivity contribution is 7.87. The van der Waals surface area contributed by atoms with Crippen molar-refractivity contribution in [2.24, 2.45) is 0 Å². The van der Waals surface area contributed by atoms with Gasteiger partial charge in [0.2, 0.25) is 0 Å². The monoisotopic (exact) mass is 382 g/mol. The number of alkyl halides is 3. The van der Waals surface area contributed by atoms with Gasteiger partial charge in [0.05, 0.1) is 26.4 Å². The van der Waals surface area contributed by atoms with Gasteiger partial charge in [-0.3, -0.25) is 4.18 Å². The zero-order valence-corrected chi connectivity index (χ0v) is 14.3. The molecular formula is C12H21F3O8S. The summed E-state index contributed by atoms with van der Waals surface area (Å²) in [7, 11) is -4.26. The third-order valence-electron chi connectivity index (χ3n) is 2.91. The lowest BCUT2D eigenvalue weighted by atomic mass is 10.2. The van der Waals surface area contributed by atoms with Crippen LogP contribution in [0.15, 0.2) is 0 Å². The molecule has 1 rings (SSSR count). The van der Waals surface area contributed by atoms with Gasteiger partial charge in [-0.05, 0) is 13.8 Å². The maximum atomic E-state index is 12.3. The minimum absolute atomic E-state index is 0.00512. The first kappa shape index (κ1) is 21.5. The second kappa shape index (κ2) is 8.74. The van der Waals surface area contributed by atoms with Crippen molar-refractivity contribution in [1.29, 1.82) is 0 Å². The average molecular weight is 382 g/mol. The van der Waals surface area contributed by atoms with E-state index in [4.69, 9.17) is 23.7 Å². The summed E-state index contributed by atoms with van der Waals surface area (Å²) in [5.74, 6) is -0.966. The summed E-state index contributed by atoms with van der Waals surface area (Å²) in [4.78, 5) is 0. The maximum absolute atomic E-state index is 12.3. The summed E-state index contributed by atoms with van der Waals surface area (Å²) < 4.78 is 88.8. The van der Waals surface area contributed by atoms with Crippen molar-refractivity contribution in [1.82, 2.24) is 0 Å². The molecule has 0 N–H and O–H groups in total. The molecule has 0 saturated carbocycles. The van der Waals surface area contributed by atoms with E-state index >= 15 is 0 Å². The molecule has 12 heteroatoms. The molecule has 1 fully saturated rings. The molecule has 1 saturated heterocycles. The molecule has 0 aliphatic carbocycles. The Kier molecular flexibility index (Phi) is 7.84. The lowest BCUT2D eigenvalue weighted by Crippen LogP contribution is -2.39. The largest absolute Gasteiger partial charge is 0.523 e. The summed E-state index contributed by atoms with van der Waals surface area (Å²) in [5.41, 5.74) is -5.52. The Morgan fingerprint density at radius 3 is 2.46 bits per heavy atom. The van der Waals surface area contributed by atoms with E-state index in [1.165, 1.54) is 7.11 Å². The fourth-order valence-electron chi connectivity index (χ4n) is 1.72. The molecule has 0 amide bonds. The second-order valence-corrected chi connectivity index (χ2v) is 6.88. The van der Waals surface area contributed by atoms with Gasteiger partial charge in [-0.2, -0.15) is 21.6 Å². The molecule has 2 unspecified atom stereocenters. The van der Waals surface area contributed by atoms with Gasteiger partial charge in [-0.1, -0.05) is 0 Å². The molecule has 144 valence electrons. The topological polar surface area (TPSA) is 89.5 Å². The van der Waals surface area contributed by atoms with Gasteiger partial charge in [0.25, 0.3) is 0 Å². The highest BCUT2D eigenvalue weighted by Gasteiger charge is 2.48. The van der Waals surface area contributed by atoms with Crippen molar-refractivity contribution in [3.05, 3.63) is 0 Å². The molecule has 1 aliphatic rings. The number of methoxy groups -OCH3 is 1. The van der Waals surface area contributed by atoms with Crippen molar-refractivity contribution in [2.45, 2.75) is 37.4 Å². The summed E-state index contributed by atoms with van der Waals surface area (Å²) in [6, 6.07) is 0. The number of ether oxygens (including phenoxy) is 5. The maximum Gasteiger partial charge on any atom is 0.523 e. The minimum atomic E-state index is -5.73. The van der Waals surface area contributed by atoms with Crippen LogP contribution in [-0.2, 0) is 38.0 Å². The number of hydrogen-bond donors (Lipinski definition) is 0. The molecule has 0 aromatic carbocycles. The Labute approximate surface area is 138 Å². The fourth-order valence-corrected chi connectivity index (χ4v) is 2.17. The number of rotatable bonds is 10. The SMILES string of the molecule is COCCOCOC(COS(=O)(=O)C(F)(F)F)C1COC(C)(C)O1. The molecule has 8 nitrogen and oxygen atoms in total. The normalized spacial score (nSPS) is 22.7. The number of halogens is 3. The Hall–Kier alpha value is -0.500. The number of hydrogen-bond acceptors (Lipinski definition) is 8. The van der Waals surface area contributed by atoms with Crippen LogP contribution in [-0.4, -0.2) is 72.3 Å². The molecule has 0 aromatic heterocycles. The molecule has 1 aliphatic heterocycles. The van der Waals surface area contributed by atoms with Crippen LogP contribution in [0, 0.1) is 0 Å². The van der Waals surface area contributed by atoms with E-state index in [0.717, 1.165) is 0 Å². The van der Waals surface area contributed by atoms with Crippen LogP contribution in [0.4, 0.5) is 13.2 Å². The van der Waals surface area contributed by atoms with Gasteiger partial charge in [0, 0.05) is 7.11 Å². The van der Waals surface area contributed by atoms with E-state index in [1.807, 2.05) is 0 Å². The van der Waals surface area contributed by atoms with Gasteiger partial charge in [0.1, 0.15) is 19.0 Å². The molecule has 24 heavy (non-hydrogen) atoms. The van der Waals surface area contributed by atoms with E-state index in [2.05, 4.69) is 4.18 Å². The van der Waals surface area contributed by atoms with E-state index in [1.54, 1.807) is 13.8 Å². The van der Waals surface area contributed by atoms with Crippen molar-refractivity contribution in [3.8, 4) is 0 Å². The molecule has 0 spiro atoms. The van der Waals surface area contributed by atoms with Crippen LogP contribution in [0.25, 0.3) is 0 Å². The first-order valence-corrected chi connectivity index (χ1v) is 8.35. The van der Waals surface area contributed by atoms with E-state index in [0.29, 0.717) is 6.61 Å². The molecule has 0 radical (unpaired) electrons. The van der Waals surface area contributed by atoms with E-state index < -0.39 is 40.2 Å². The van der Waals surface area contributed by atoms with Crippen molar-refractivity contribution < 1.29 is 49.5 Å². The molecule has 0 aromatic rings. The molecule has 2 atom stereocenters. The summed E-state index contributed by atoms with van der Waals surface area (Å²) in [6.07, 6.45) is -1.94. The lowest BCUT2D eigenvalue weighted by Gasteiger charge is -2.24. The Morgan fingerprint density at radius 2 is 1.96 bits per heavy atom. The summed E-state index contributed by atoms with van der Waals surface area (Å²) in [6.45, 7) is 2.51. The highest BCUT2D eigenvalue weighted by Crippen LogP contribution is 2.28. The highest BCUT2D eigenvalue weighted by atomic mass is 32.2.